The summed E-state index contributed by atoms with van der Waals surface area (Å²) < 4.78 is 5.06. The zero-order valence-electron chi connectivity index (χ0n) is 7.14. The Balaban J connectivity index is 2.74. The maximum Gasteiger partial charge on any atom is 0.176 e. The van der Waals surface area contributed by atoms with Crippen LogP contribution in [0.2, 0.25) is 0 Å². The molecule has 0 amide bonds. The standard InChI is InChI=1S/C10H12O/c1-10(2,3)7-6-9-5-4-8-11-9/h4-5,8H,1-3H3. The molecule has 0 aliphatic rings. The lowest BCUT2D eigenvalue weighted by atomic mass is 9.98. The molecule has 1 aromatic rings. The second-order valence-electron chi connectivity index (χ2n) is 3.48. The molecule has 0 saturated heterocycles. The van der Waals surface area contributed by atoms with E-state index in [4.69, 9.17) is 4.42 Å². The largest absolute Gasteiger partial charge is 0.456 e. The zero-order valence-corrected chi connectivity index (χ0v) is 7.14. The van der Waals surface area contributed by atoms with Crippen molar-refractivity contribution in [3.05, 3.63) is 24.2 Å². The summed E-state index contributed by atoms with van der Waals surface area (Å²) in [4.78, 5) is 0. The van der Waals surface area contributed by atoms with E-state index in [-0.39, 0.29) is 5.41 Å². The molecule has 0 bridgehead atoms. The van der Waals surface area contributed by atoms with Crippen LogP contribution in [0.3, 0.4) is 0 Å². The predicted octanol–water partition coefficient (Wildman–Crippen LogP) is 2.68. The molecule has 0 aliphatic carbocycles. The molecule has 1 nitrogen and oxygen atoms in total. The molecule has 0 N–H and O–H groups in total. The summed E-state index contributed by atoms with van der Waals surface area (Å²) in [6.07, 6.45) is 1.63. The van der Waals surface area contributed by atoms with Crippen LogP contribution in [0.4, 0.5) is 0 Å². The highest BCUT2D eigenvalue weighted by molar-refractivity contribution is 5.26. The average Bonchev–Trinajstić information content (AvgIpc) is 2.32. The van der Waals surface area contributed by atoms with Gasteiger partial charge in [0, 0.05) is 5.41 Å². The van der Waals surface area contributed by atoms with E-state index in [1.165, 1.54) is 0 Å². The Labute approximate surface area is 67.4 Å². The van der Waals surface area contributed by atoms with Gasteiger partial charge in [-0.2, -0.15) is 0 Å². The van der Waals surface area contributed by atoms with Gasteiger partial charge >= 0.3 is 0 Å². The third kappa shape index (κ3) is 2.95. The highest BCUT2D eigenvalue weighted by Gasteiger charge is 2.03. The lowest BCUT2D eigenvalue weighted by molar-refractivity contribution is 0.548. The fraction of sp³-hybridized carbons (Fsp3) is 0.400. The average molecular weight is 148 g/mol. The van der Waals surface area contributed by atoms with Crippen molar-refractivity contribution in [1.82, 2.24) is 0 Å². The van der Waals surface area contributed by atoms with Gasteiger partial charge in [-0.15, -0.1) is 0 Å². The fourth-order valence-corrected chi connectivity index (χ4v) is 0.599. The summed E-state index contributed by atoms with van der Waals surface area (Å²) in [5.41, 5.74) is 0.0484. The van der Waals surface area contributed by atoms with Crippen molar-refractivity contribution in [2.24, 2.45) is 5.41 Å². The lowest BCUT2D eigenvalue weighted by Gasteiger charge is -2.05. The van der Waals surface area contributed by atoms with E-state index in [0.717, 1.165) is 5.76 Å². The Morgan fingerprint density at radius 2 is 2.09 bits per heavy atom. The molecule has 0 aromatic carbocycles. The van der Waals surface area contributed by atoms with Crippen LogP contribution in [-0.4, -0.2) is 0 Å². The first-order valence-corrected chi connectivity index (χ1v) is 3.65. The van der Waals surface area contributed by atoms with Crippen LogP contribution in [0.5, 0.6) is 0 Å². The van der Waals surface area contributed by atoms with E-state index in [9.17, 15) is 0 Å². The minimum absolute atomic E-state index is 0.0484. The predicted molar refractivity (Wildman–Crippen MR) is 45.0 cm³/mol. The van der Waals surface area contributed by atoms with E-state index in [1.807, 2.05) is 12.1 Å². The number of hydrogen-bond donors (Lipinski definition) is 0. The number of furan rings is 1. The van der Waals surface area contributed by atoms with Gasteiger partial charge in [-0.25, -0.2) is 0 Å². The van der Waals surface area contributed by atoms with Crippen molar-refractivity contribution in [3.63, 3.8) is 0 Å². The lowest BCUT2D eigenvalue weighted by Crippen LogP contribution is -1.99. The van der Waals surface area contributed by atoms with Gasteiger partial charge in [0.15, 0.2) is 5.76 Å². The molecule has 0 spiro atoms. The fourth-order valence-electron chi connectivity index (χ4n) is 0.599. The number of hydrogen-bond acceptors (Lipinski definition) is 1. The minimum atomic E-state index is 0.0484. The molecular formula is C10H12O. The van der Waals surface area contributed by atoms with Crippen LogP contribution in [0, 0.1) is 17.3 Å². The van der Waals surface area contributed by atoms with Crippen molar-refractivity contribution < 1.29 is 4.42 Å². The SMILES string of the molecule is CC(C)(C)C#Cc1ccco1. The molecule has 1 heterocycles. The zero-order chi connectivity index (χ0) is 8.32. The topological polar surface area (TPSA) is 13.1 Å². The van der Waals surface area contributed by atoms with Crippen molar-refractivity contribution >= 4 is 0 Å². The summed E-state index contributed by atoms with van der Waals surface area (Å²) in [7, 11) is 0. The second kappa shape index (κ2) is 2.84. The Morgan fingerprint density at radius 1 is 1.36 bits per heavy atom. The normalized spacial score (nSPS) is 10.5. The van der Waals surface area contributed by atoms with E-state index in [0.29, 0.717) is 0 Å². The highest BCUT2D eigenvalue weighted by Crippen LogP contribution is 2.10. The van der Waals surface area contributed by atoms with E-state index < -0.39 is 0 Å². The summed E-state index contributed by atoms with van der Waals surface area (Å²) >= 11 is 0. The van der Waals surface area contributed by atoms with Gasteiger partial charge in [-0.1, -0.05) is 5.92 Å². The van der Waals surface area contributed by atoms with Gasteiger partial charge in [-0.3, -0.25) is 0 Å². The molecule has 1 heteroatoms. The molecule has 0 fully saturated rings. The molecule has 58 valence electrons. The first-order chi connectivity index (χ1) is 5.08. The summed E-state index contributed by atoms with van der Waals surface area (Å²) in [6, 6.07) is 3.70. The quantitative estimate of drug-likeness (QED) is 0.515. The third-order valence-corrected chi connectivity index (χ3v) is 1.08. The van der Waals surface area contributed by atoms with Gasteiger partial charge in [0.25, 0.3) is 0 Å². The van der Waals surface area contributed by atoms with Crippen molar-refractivity contribution in [1.29, 1.82) is 0 Å². The second-order valence-corrected chi connectivity index (χ2v) is 3.48. The van der Waals surface area contributed by atoms with Crippen molar-refractivity contribution in [2.45, 2.75) is 20.8 Å². The summed E-state index contributed by atoms with van der Waals surface area (Å²) in [5, 5.41) is 0. The minimum Gasteiger partial charge on any atom is -0.456 e. The highest BCUT2D eigenvalue weighted by atomic mass is 16.3. The molecule has 0 radical (unpaired) electrons. The van der Waals surface area contributed by atoms with Crippen molar-refractivity contribution in [2.75, 3.05) is 0 Å². The van der Waals surface area contributed by atoms with Crippen molar-refractivity contribution in [3.8, 4) is 11.8 Å². The van der Waals surface area contributed by atoms with Crippen LogP contribution < -0.4 is 0 Å². The molecule has 1 rings (SSSR count). The molecule has 0 saturated carbocycles. The Hall–Kier alpha value is -1.16. The Bertz CT molecular complexity index is 264. The van der Waals surface area contributed by atoms with Gasteiger partial charge in [0.05, 0.1) is 6.26 Å². The smallest absolute Gasteiger partial charge is 0.176 e. The summed E-state index contributed by atoms with van der Waals surface area (Å²) in [5.74, 6) is 6.76. The summed E-state index contributed by atoms with van der Waals surface area (Å²) in [6.45, 7) is 6.22. The van der Waals surface area contributed by atoms with E-state index >= 15 is 0 Å². The van der Waals surface area contributed by atoms with Crippen LogP contribution in [0.25, 0.3) is 0 Å². The van der Waals surface area contributed by atoms with E-state index in [2.05, 4.69) is 32.6 Å². The van der Waals surface area contributed by atoms with Gasteiger partial charge in [-0.05, 0) is 38.8 Å². The van der Waals surface area contributed by atoms with Crippen LogP contribution in [0.15, 0.2) is 22.8 Å². The first-order valence-electron chi connectivity index (χ1n) is 3.65. The van der Waals surface area contributed by atoms with Crippen LogP contribution in [0.1, 0.15) is 26.5 Å². The maximum atomic E-state index is 5.06. The third-order valence-electron chi connectivity index (χ3n) is 1.08. The first kappa shape index (κ1) is 7.94. The number of rotatable bonds is 0. The monoisotopic (exact) mass is 148 g/mol. The maximum absolute atomic E-state index is 5.06. The van der Waals surface area contributed by atoms with Gasteiger partial charge < -0.3 is 4.42 Å². The van der Waals surface area contributed by atoms with Crippen LogP contribution in [-0.2, 0) is 0 Å². The van der Waals surface area contributed by atoms with Gasteiger partial charge in [0.2, 0.25) is 0 Å². The Morgan fingerprint density at radius 3 is 2.55 bits per heavy atom. The van der Waals surface area contributed by atoms with Crippen LogP contribution >= 0.6 is 0 Å². The molecular weight excluding hydrogens is 136 g/mol. The molecule has 0 atom stereocenters. The van der Waals surface area contributed by atoms with E-state index in [1.54, 1.807) is 6.26 Å². The molecule has 0 aliphatic heterocycles. The Kier molecular flexibility index (Phi) is 2.05. The molecule has 1 aromatic heterocycles. The molecule has 11 heavy (non-hydrogen) atoms. The van der Waals surface area contributed by atoms with Gasteiger partial charge in [0.1, 0.15) is 0 Å². The molecule has 0 unspecified atom stereocenters.